The van der Waals surface area contributed by atoms with Crippen LogP contribution in [0.3, 0.4) is 0 Å². The molecule has 0 fully saturated rings. The van der Waals surface area contributed by atoms with E-state index in [1.54, 1.807) is 49.6 Å². The fraction of sp³-hybridized carbons (Fsp3) is 0.200. The van der Waals surface area contributed by atoms with Crippen molar-refractivity contribution in [3.63, 3.8) is 0 Å². The highest BCUT2D eigenvalue weighted by atomic mass is 16.7. The summed E-state index contributed by atoms with van der Waals surface area (Å²) in [5.74, 6) is 2.62. The summed E-state index contributed by atoms with van der Waals surface area (Å²) < 4.78 is 31.5. The largest absolute Gasteiger partial charge is 0.497 e. The third-order valence-corrected chi connectivity index (χ3v) is 4.01. The molecule has 3 aromatic rings. The van der Waals surface area contributed by atoms with Crippen molar-refractivity contribution in [3.8, 4) is 34.3 Å². The zero-order valence-corrected chi connectivity index (χ0v) is 15.0. The average Bonchev–Trinajstić information content (AvgIpc) is 3.39. The Morgan fingerprint density at radius 2 is 1.82 bits per heavy atom. The molecular formula is C20H17NO7. The number of carbonyl (C=O) groups is 1. The van der Waals surface area contributed by atoms with Crippen molar-refractivity contribution >= 4 is 5.97 Å². The minimum absolute atomic E-state index is 0.0150. The van der Waals surface area contributed by atoms with Crippen LogP contribution in [-0.2, 0) is 16.1 Å². The van der Waals surface area contributed by atoms with E-state index in [4.69, 9.17) is 28.2 Å². The van der Waals surface area contributed by atoms with Gasteiger partial charge in [-0.3, -0.25) is 0 Å². The van der Waals surface area contributed by atoms with Gasteiger partial charge < -0.3 is 28.2 Å². The van der Waals surface area contributed by atoms with Crippen LogP contribution < -0.4 is 18.9 Å². The summed E-state index contributed by atoms with van der Waals surface area (Å²) in [6.07, 6.45) is 0. The van der Waals surface area contributed by atoms with E-state index in [1.165, 1.54) is 0 Å². The summed E-state index contributed by atoms with van der Waals surface area (Å²) in [4.78, 5) is 11.9. The molecule has 0 saturated heterocycles. The first-order valence-electron chi connectivity index (χ1n) is 8.49. The minimum Gasteiger partial charge on any atom is -0.497 e. The van der Waals surface area contributed by atoms with Gasteiger partial charge in [0.05, 0.1) is 7.11 Å². The number of hydrogen-bond acceptors (Lipinski definition) is 8. The van der Waals surface area contributed by atoms with Crippen LogP contribution in [0.25, 0.3) is 11.3 Å². The first kappa shape index (κ1) is 17.7. The van der Waals surface area contributed by atoms with Crippen molar-refractivity contribution in [2.75, 3.05) is 20.5 Å². The van der Waals surface area contributed by atoms with E-state index in [2.05, 4.69) is 5.16 Å². The maximum atomic E-state index is 11.9. The van der Waals surface area contributed by atoms with Crippen molar-refractivity contribution in [2.45, 2.75) is 6.61 Å². The van der Waals surface area contributed by atoms with Crippen molar-refractivity contribution in [3.05, 3.63) is 54.2 Å². The van der Waals surface area contributed by atoms with Gasteiger partial charge in [0, 0.05) is 11.6 Å². The van der Waals surface area contributed by atoms with Gasteiger partial charge in [0.15, 0.2) is 23.9 Å². The lowest BCUT2D eigenvalue weighted by Gasteiger charge is -2.06. The Balaban J connectivity index is 1.28. The fourth-order valence-corrected chi connectivity index (χ4v) is 2.58. The number of aromatic nitrogens is 1. The van der Waals surface area contributed by atoms with Crippen LogP contribution in [0.4, 0.5) is 0 Å². The smallest absolute Gasteiger partial charge is 0.344 e. The average molecular weight is 383 g/mol. The van der Waals surface area contributed by atoms with Crippen molar-refractivity contribution in [1.29, 1.82) is 0 Å². The van der Waals surface area contributed by atoms with Gasteiger partial charge in [0.2, 0.25) is 6.79 Å². The number of rotatable bonds is 7. The SMILES string of the molecule is COc1ccc(OCC(=O)OCc2cc(-c3ccc4c(c3)OCO4)on2)cc1. The van der Waals surface area contributed by atoms with Gasteiger partial charge in [-0.1, -0.05) is 5.16 Å². The van der Waals surface area contributed by atoms with Gasteiger partial charge in [0.1, 0.15) is 23.8 Å². The molecule has 1 aromatic heterocycles. The Bertz CT molecular complexity index is 965. The molecule has 0 atom stereocenters. The zero-order valence-electron chi connectivity index (χ0n) is 15.0. The van der Waals surface area contributed by atoms with Crippen LogP contribution in [0, 0.1) is 0 Å². The molecule has 2 aromatic carbocycles. The number of methoxy groups -OCH3 is 1. The Hall–Kier alpha value is -3.68. The lowest BCUT2D eigenvalue weighted by atomic mass is 10.1. The van der Waals surface area contributed by atoms with Crippen LogP contribution in [0.1, 0.15) is 5.69 Å². The molecule has 0 radical (unpaired) electrons. The van der Waals surface area contributed by atoms with E-state index in [1.807, 2.05) is 6.07 Å². The third kappa shape index (κ3) is 4.01. The van der Waals surface area contributed by atoms with Crippen LogP contribution >= 0.6 is 0 Å². The lowest BCUT2D eigenvalue weighted by molar-refractivity contribution is -0.147. The fourth-order valence-electron chi connectivity index (χ4n) is 2.58. The molecule has 0 spiro atoms. The second kappa shape index (κ2) is 7.91. The number of ether oxygens (including phenoxy) is 5. The zero-order chi connectivity index (χ0) is 19.3. The minimum atomic E-state index is -0.511. The molecule has 0 aliphatic carbocycles. The Morgan fingerprint density at radius 3 is 2.64 bits per heavy atom. The molecule has 0 unspecified atom stereocenters. The summed E-state index contributed by atoms with van der Waals surface area (Å²) in [6.45, 7) is -0.0208. The second-order valence-electron chi connectivity index (χ2n) is 5.88. The molecule has 0 bridgehead atoms. The summed E-state index contributed by atoms with van der Waals surface area (Å²) in [6, 6.07) is 14.1. The molecule has 4 rings (SSSR count). The van der Waals surface area contributed by atoms with Gasteiger partial charge in [-0.2, -0.15) is 0 Å². The number of benzene rings is 2. The van der Waals surface area contributed by atoms with Crippen molar-refractivity contribution in [1.82, 2.24) is 5.16 Å². The number of esters is 1. The molecule has 1 aliphatic heterocycles. The summed E-state index contributed by atoms with van der Waals surface area (Å²) in [7, 11) is 1.58. The van der Waals surface area contributed by atoms with Gasteiger partial charge >= 0.3 is 5.97 Å². The molecule has 8 nitrogen and oxygen atoms in total. The molecule has 28 heavy (non-hydrogen) atoms. The monoisotopic (exact) mass is 383 g/mol. The molecule has 0 saturated carbocycles. The summed E-state index contributed by atoms with van der Waals surface area (Å²) >= 11 is 0. The molecule has 8 heteroatoms. The highest BCUT2D eigenvalue weighted by Crippen LogP contribution is 2.36. The van der Waals surface area contributed by atoms with Gasteiger partial charge in [0.25, 0.3) is 0 Å². The highest BCUT2D eigenvalue weighted by molar-refractivity contribution is 5.71. The van der Waals surface area contributed by atoms with Gasteiger partial charge in [-0.05, 0) is 42.5 Å². The highest BCUT2D eigenvalue weighted by Gasteiger charge is 2.16. The number of hydrogen-bond donors (Lipinski definition) is 0. The summed E-state index contributed by atoms with van der Waals surface area (Å²) in [5.41, 5.74) is 1.28. The Labute approximate surface area is 160 Å². The van der Waals surface area contributed by atoms with E-state index in [9.17, 15) is 4.79 Å². The normalized spacial score (nSPS) is 11.9. The van der Waals surface area contributed by atoms with Gasteiger partial charge in [-0.25, -0.2) is 4.79 Å². The standard InChI is InChI=1S/C20H17NO7/c1-23-15-3-5-16(6-4-15)24-11-20(22)25-10-14-9-18(28-21-14)13-2-7-17-19(8-13)27-12-26-17/h2-9H,10-12H2,1H3. The van der Waals surface area contributed by atoms with E-state index in [0.29, 0.717) is 34.5 Å². The molecule has 144 valence electrons. The topological polar surface area (TPSA) is 89.3 Å². The molecule has 0 N–H and O–H groups in total. The first-order chi connectivity index (χ1) is 13.7. The van der Waals surface area contributed by atoms with Crippen LogP contribution in [0.15, 0.2) is 53.1 Å². The summed E-state index contributed by atoms with van der Waals surface area (Å²) in [5, 5.41) is 3.92. The third-order valence-electron chi connectivity index (χ3n) is 4.01. The van der Waals surface area contributed by atoms with Crippen LogP contribution in [-0.4, -0.2) is 31.6 Å². The second-order valence-corrected chi connectivity index (χ2v) is 5.88. The van der Waals surface area contributed by atoms with Crippen molar-refractivity contribution in [2.24, 2.45) is 0 Å². The molecular weight excluding hydrogens is 366 g/mol. The Morgan fingerprint density at radius 1 is 1.04 bits per heavy atom. The first-order valence-corrected chi connectivity index (χ1v) is 8.49. The van der Waals surface area contributed by atoms with E-state index in [0.717, 1.165) is 5.56 Å². The predicted molar refractivity (Wildman–Crippen MR) is 96.3 cm³/mol. The van der Waals surface area contributed by atoms with E-state index < -0.39 is 5.97 Å². The van der Waals surface area contributed by atoms with Crippen molar-refractivity contribution < 1.29 is 33.0 Å². The van der Waals surface area contributed by atoms with Crippen LogP contribution in [0.5, 0.6) is 23.0 Å². The maximum absolute atomic E-state index is 11.9. The number of fused-ring (bicyclic) bond motifs is 1. The lowest BCUT2D eigenvalue weighted by Crippen LogP contribution is -2.14. The van der Waals surface area contributed by atoms with Crippen LogP contribution in [0.2, 0.25) is 0 Å². The van der Waals surface area contributed by atoms with E-state index >= 15 is 0 Å². The Kier molecular flexibility index (Phi) is 5.01. The quantitative estimate of drug-likeness (QED) is 0.575. The molecule has 1 aliphatic rings. The number of nitrogens with zero attached hydrogens (tertiary/aromatic N) is 1. The van der Waals surface area contributed by atoms with Gasteiger partial charge in [-0.15, -0.1) is 0 Å². The van der Waals surface area contributed by atoms with E-state index in [-0.39, 0.29) is 20.0 Å². The predicted octanol–water partition coefficient (Wildman–Crippen LogP) is 3.20. The number of carbonyl (C=O) groups excluding carboxylic acids is 1. The molecule has 0 amide bonds. The maximum Gasteiger partial charge on any atom is 0.344 e. The molecule has 2 heterocycles.